The van der Waals surface area contributed by atoms with Crippen LogP contribution in [0.1, 0.15) is 18.4 Å². The second-order valence-corrected chi connectivity index (χ2v) is 5.25. The molecule has 1 aliphatic heterocycles. The highest BCUT2D eigenvalue weighted by atomic mass is 19.1. The van der Waals surface area contributed by atoms with Crippen LogP contribution in [0.25, 0.3) is 0 Å². The number of aliphatic carboxylic acids is 1. The molecule has 1 N–H and O–H groups in total. The molecule has 4 atom stereocenters. The van der Waals surface area contributed by atoms with Gasteiger partial charge in [0.2, 0.25) is 0 Å². The van der Waals surface area contributed by atoms with Gasteiger partial charge in [0, 0.05) is 18.5 Å². The van der Waals surface area contributed by atoms with Crippen molar-refractivity contribution in [1.29, 1.82) is 0 Å². The number of carboxylic acid groups (broad SMARTS) is 1. The number of fused-ring (bicyclic) bond motifs is 2. The van der Waals surface area contributed by atoms with Crippen LogP contribution < -0.4 is 0 Å². The minimum Gasteiger partial charge on any atom is -0.480 e. The zero-order valence-electron chi connectivity index (χ0n) is 10.00. The van der Waals surface area contributed by atoms with Crippen LogP contribution in [0.5, 0.6) is 0 Å². The third kappa shape index (κ3) is 1.81. The summed E-state index contributed by atoms with van der Waals surface area (Å²) in [5.41, 5.74) is 1.09. The van der Waals surface area contributed by atoms with Gasteiger partial charge in [0.05, 0.1) is 0 Å². The van der Waals surface area contributed by atoms with Crippen molar-refractivity contribution in [1.82, 2.24) is 4.90 Å². The van der Waals surface area contributed by atoms with Crippen molar-refractivity contribution in [2.75, 3.05) is 0 Å². The van der Waals surface area contributed by atoms with E-state index in [-0.39, 0.29) is 12.0 Å². The third-order valence-electron chi connectivity index (χ3n) is 4.20. The molecule has 1 aliphatic carbocycles. The van der Waals surface area contributed by atoms with Gasteiger partial charge >= 0.3 is 5.97 Å². The van der Waals surface area contributed by atoms with Crippen LogP contribution in [0.4, 0.5) is 4.39 Å². The van der Waals surface area contributed by atoms with E-state index in [0.717, 1.165) is 5.56 Å². The number of benzene rings is 1. The molecule has 2 aliphatic rings. The monoisotopic (exact) mass is 249 g/mol. The number of carboxylic acids is 1. The number of hydrogen-bond donors (Lipinski definition) is 1. The van der Waals surface area contributed by atoms with Gasteiger partial charge < -0.3 is 5.11 Å². The molecule has 0 radical (unpaired) electrons. The minimum absolute atomic E-state index is 0.0892. The van der Waals surface area contributed by atoms with Crippen molar-refractivity contribution in [2.45, 2.75) is 37.6 Å². The Morgan fingerprint density at radius 2 is 2.06 bits per heavy atom. The molecule has 2 bridgehead atoms. The molecule has 0 aromatic heterocycles. The van der Waals surface area contributed by atoms with E-state index in [1.807, 2.05) is 35.2 Å². The fraction of sp³-hybridized carbons (Fsp3) is 0.500. The quantitative estimate of drug-likeness (QED) is 0.891. The molecule has 4 heteroatoms. The molecule has 3 rings (SSSR count). The van der Waals surface area contributed by atoms with E-state index in [0.29, 0.717) is 19.4 Å². The van der Waals surface area contributed by atoms with Crippen LogP contribution in [0.2, 0.25) is 0 Å². The highest BCUT2D eigenvalue weighted by Crippen LogP contribution is 2.44. The molecule has 1 aromatic rings. The Balaban J connectivity index is 1.81. The van der Waals surface area contributed by atoms with Crippen LogP contribution >= 0.6 is 0 Å². The standard InChI is InChI=1S/C14H16FNO2/c15-12-7-10-6-11(12)13(14(17)18)16(10)8-9-4-2-1-3-5-9/h1-5,10-13H,6-8H2,(H,17,18). The lowest BCUT2D eigenvalue weighted by atomic mass is 9.96. The molecule has 0 spiro atoms. The summed E-state index contributed by atoms with van der Waals surface area (Å²) in [4.78, 5) is 13.3. The van der Waals surface area contributed by atoms with Gasteiger partial charge in [0.1, 0.15) is 12.2 Å². The predicted octanol–water partition coefficient (Wildman–Crippen LogP) is 2.07. The first-order chi connectivity index (χ1) is 8.66. The summed E-state index contributed by atoms with van der Waals surface area (Å²) in [5.74, 6) is -1.21. The van der Waals surface area contributed by atoms with E-state index in [9.17, 15) is 14.3 Å². The summed E-state index contributed by atoms with van der Waals surface area (Å²) in [6.45, 7) is 0.603. The van der Waals surface area contributed by atoms with E-state index in [2.05, 4.69) is 0 Å². The average molecular weight is 249 g/mol. The van der Waals surface area contributed by atoms with Crippen molar-refractivity contribution >= 4 is 5.97 Å². The second-order valence-electron chi connectivity index (χ2n) is 5.25. The van der Waals surface area contributed by atoms with E-state index in [1.165, 1.54) is 0 Å². The second kappa shape index (κ2) is 4.35. The Morgan fingerprint density at radius 3 is 2.72 bits per heavy atom. The Bertz CT molecular complexity index is 450. The van der Waals surface area contributed by atoms with E-state index >= 15 is 0 Å². The molecule has 2 fully saturated rings. The summed E-state index contributed by atoms with van der Waals surface area (Å²) >= 11 is 0. The number of carbonyl (C=O) groups is 1. The fourth-order valence-corrected chi connectivity index (χ4v) is 3.41. The molecule has 96 valence electrons. The summed E-state index contributed by atoms with van der Waals surface area (Å²) in [5, 5.41) is 9.29. The summed E-state index contributed by atoms with van der Waals surface area (Å²) < 4.78 is 13.7. The highest BCUT2D eigenvalue weighted by molar-refractivity contribution is 5.75. The number of halogens is 1. The van der Waals surface area contributed by atoms with Gasteiger partial charge in [-0.2, -0.15) is 0 Å². The maximum Gasteiger partial charge on any atom is 0.321 e. The smallest absolute Gasteiger partial charge is 0.321 e. The molecule has 4 unspecified atom stereocenters. The van der Waals surface area contributed by atoms with Gasteiger partial charge in [-0.1, -0.05) is 30.3 Å². The van der Waals surface area contributed by atoms with Crippen LogP contribution in [0, 0.1) is 5.92 Å². The topological polar surface area (TPSA) is 40.5 Å². The Labute approximate surface area is 105 Å². The van der Waals surface area contributed by atoms with Crippen LogP contribution in [-0.4, -0.2) is 34.2 Å². The fourth-order valence-electron chi connectivity index (χ4n) is 3.41. The number of likely N-dealkylation sites (tertiary alicyclic amines) is 1. The zero-order chi connectivity index (χ0) is 12.7. The van der Waals surface area contributed by atoms with Gasteiger partial charge in [-0.25, -0.2) is 4.39 Å². The van der Waals surface area contributed by atoms with Gasteiger partial charge in [0.15, 0.2) is 0 Å². The number of alkyl halides is 1. The normalized spacial score (nSPS) is 34.9. The van der Waals surface area contributed by atoms with E-state index in [1.54, 1.807) is 0 Å². The Hall–Kier alpha value is -1.42. The maximum atomic E-state index is 13.7. The molecule has 1 heterocycles. The summed E-state index contributed by atoms with van der Waals surface area (Å²) in [6, 6.07) is 9.22. The van der Waals surface area contributed by atoms with Crippen LogP contribution in [-0.2, 0) is 11.3 Å². The van der Waals surface area contributed by atoms with Crippen LogP contribution in [0.15, 0.2) is 30.3 Å². The predicted molar refractivity (Wildman–Crippen MR) is 64.8 cm³/mol. The molecule has 1 saturated carbocycles. The summed E-state index contributed by atoms with van der Waals surface area (Å²) in [6.07, 6.45) is 0.231. The molecule has 3 nitrogen and oxygen atoms in total. The van der Waals surface area contributed by atoms with Gasteiger partial charge in [-0.05, 0) is 18.4 Å². The van der Waals surface area contributed by atoms with Crippen molar-refractivity contribution in [3.8, 4) is 0 Å². The number of rotatable bonds is 3. The van der Waals surface area contributed by atoms with Gasteiger partial charge in [-0.3, -0.25) is 9.69 Å². The Morgan fingerprint density at radius 1 is 1.33 bits per heavy atom. The highest BCUT2D eigenvalue weighted by Gasteiger charge is 2.54. The van der Waals surface area contributed by atoms with Gasteiger partial charge in [-0.15, -0.1) is 0 Å². The van der Waals surface area contributed by atoms with Crippen molar-refractivity contribution in [3.63, 3.8) is 0 Å². The SMILES string of the molecule is O=C(O)C1C2CC(CC2F)N1Cc1ccccc1. The van der Waals surface area contributed by atoms with E-state index in [4.69, 9.17) is 0 Å². The van der Waals surface area contributed by atoms with Gasteiger partial charge in [0.25, 0.3) is 0 Å². The van der Waals surface area contributed by atoms with Crippen LogP contribution in [0.3, 0.4) is 0 Å². The number of piperidine rings is 1. The number of hydrogen-bond acceptors (Lipinski definition) is 2. The lowest BCUT2D eigenvalue weighted by molar-refractivity contribution is -0.146. The first-order valence-corrected chi connectivity index (χ1v) is 6.33. The molecule has 1 saturated heterocycles. The molecule has 1 aromatic carbocycles. The first kappa shape index (κ1) is 11.7. The zero-order valence-corrected chi connectivity index (χ0v) is 10.00. The number of nitrogens with zero attached hydrogens (tertiary/aromatic N) is 1. The molecular weight excluding hydrogens is 233 g/mol. The lowest BCUT2D eigenvalue weighted by Crippen LogP contribution is -2.48. The summed E-state index contributed by atoms with van der Waals surface area (Å²) in [7, 11) is 0. The van der Waals surface area contributed by atoms with Crippen molar-refractivity contribution in [2.24, 2.45) is 5.92 Å². The van der Waals surface area contributed by atoms with Crippen molar-refractivity contribution in [3.05, 3.63) is 35.9 Å². The first-order valence-electron chi connectivity index (χ1n) is 6.33. The minimum atomic E-state index is -0.942. The largest absolute Gasteiger partial charge is 0.480 e. The Kier molecular flexibility index (Phi) is 2.82. The van der Waals surface area contributed by atoms with Crippen molar-refractivity contribution < 1.29 is 14.3 Å². The third-order valence-corrected chi connectivity index (χ3v) is 4.20. The lowest BCUT2D eigenvalue weighted by Gasteiger charge is -2.34. The molecule has 0 amide bonds. The average Bonchev–Trinajstić information content (AvgIpc) is 2.87. The maximum absolute atomic E-state index is 13.7. The molecule has 18 heavy (non-hydrogen) atoms. The van der Waals surface area contributed by atoms with E-state index < -0.39 is 18.2 Å². The molecular formula is C14H16FNO2.